The second-order valence-electron chi connectivity index (χ2n) is 3.80. The lowest BCUT2D eigenvalue weighted by molar-refractivity contribution is 0.444. The standard InChI is InChI=1S/C12H15BrO3S/c1-3-9(4-2)12(17(14,15)16)10-6-5-7-11(13)8-10/h3,5-9,12H,1,4H2,2H3,(H,14,15,16). The van der Waals surface area contributed by atoms with Crippen LogP contribution in [0.15, 0.2) is 41.4 Å². The van der Waals surface area contributed by atoms with E-state index in [2.05, 4.69) is 22.5 Å². The van der Waals surface area contributed by atoms with Gasteiger partial charge in [-0.15, -0.1) is 6.58 Å². The molecule has 0 aliphatic carbocycles. The van der Waals surface area contributed by atoms with Crippen LogP contribution in [0.5, 0.6) is 0 Å². The normalized spacial score (nSPS) is 15.2. The van der Waals surface area contributed by atoms with Crippen LogP contribution in [0, 0.1) is 5.92 Å². The molecule has 0 fully saturated rings. The van der Waals surface area contributed by atoms with E-state index in [1.165, 1.54) is 0 Å². The van der Waals surface area contributed by atoms with E-state index in [-0.39, 0.29) is 5.92 Å². The van der Waals surface area contributed by atoms with Crippen LogP contribution < -0.4 is 0 Å². The Morgan fingerprint density at radius 1 is 1.53 bits per heavy atom. The molecule has 0 aliphatic rings. The summed E-state index contributed by atoms with van der Waals surface area (Å²) >= 11 is 3.29. The lowest BCUT2D eigenvalue weighted by atomic mass is 9.96. The first-order valence-corrected chi connectivity index (χ1v) is 7.54. The van der Waals surface area contributed by atoms with Crippen molar-refractivity contribution < 1.29 is 13.0 Å². The molecule has 0 radical (unpaired) electrons. The maximum absolute atomic E-state index is 11.5. The Morgan fingerprint density at radius 3 is 2.59 bits per heavy atom. The summed E-state index contributed by atoms with van der Waals surface area (Å²) in [5, 5.41) is -0.956. The smallest absolute Gasteiger partial charge is 0.272 e. The highest BCUT2D eigenvalue weighted by Gasteiger charge is 2.31. The van der Waals surface area contributed by atoms with E-state index < -0.39 is 15.4 Å². The summed E-state index contributed by atoms with van der Waals surface area (Å²) in [6.07, 6.45) is 2.17. The summed E-state index contributed by atoms with van der Waals surface area (Å²) in [5.41, 5.74) is 0.564. The Balaban J connectivity index is 3.29. The molecule has 1 aromatic carbocycles. The average Bonchev–Trinajstić information content (AvgIpc) is 2.23. The average molecular weight is 319 g/mol. The van der Waals surface area contributed by atoms with Crippen molar-refractivity contribution in [2.24, 2.45) is 5.92 Å². The zero-order chi connectivity index (χ0) is 13.1. The number of allylic oxidation sites excluding steroid dienone is 1. The van der Waals surface area contributed by atoms with Crippen molar-refractivity contribution in [1.82, 2.24) is 0 Å². The SMILES string of the molecule is C=CC(CC)C(c1cccc(Br)c1)S(=O)(=O)O. The molecular weight excluding hydrogens is 304 g/mol. The zero-order valence-electron chi connectivity index (χ0n) is 9.51. The summed E-state index contributed by atoms with van der Waals surface area (Å²) in [7, 11) is -4.15. The molecule has 2 unspecified atom stereocenters. The van der Waals surface area contributed by atoms with Gasteiger partial charge >= 0.3 is 0 Å². The van der Waals surface area contributed by atoms with Crippen molar-refractivity contribution in [2.45, 2.75) is 18.6 Å². The number of hydrogen-bond acceptors (Lipinski definition) is 2. The molecule has 0 saturated carbocycles. The third kappa shape index (κ3) is 3.66. The Hall–Kier alpha value is -0.650. The molecular formula is C12H15BrO3S. The first-order chi connectivity index (χ1) is 7.90. The van der Waals surface area contributed by atoms with Gasteiger partial charge in [0.25, 0.3) is 10.1 Å². The maximum Gasteiger partial charge on any atom is 0.272 e. The van der Waals surface area contributed by atoms with E-state index in [0.29, 0.717) is 12.0 Å². The van der Waals surface area contributed by atoms with Crippen molar-refractivity contribution in [3.8, 4) is 0 Å². The topological polar surface area (TPSA) is 54.4 Å². The van der Waals surface area contributed by atoms with E-state index in [1.54, 1.807) is 30.3 Å². The van der Waals surface area contributed by atoms with Gasteiger partial charge in [0.15, 0.2) is 0 Å². The predicted molar refractivity (Wildman–Crippen MR) is 72.4 cm³/mol. The first-order valence-electron chi connectivity index (χ1n) is 5.24. The van der Waals surface area contributed by atoms with E-state index in [1.807, 2.05) is 6.92 Å². The van der Waals surface area contributed by atoms with Crippen molar-refractivity contribution in [2.75, 3.05) is 0 Å². The Labute approximate surface area is 110 Å². The molecule has 0 amide bonds. The van der Waals surface area contributed by atoms with Crippen LogP contribution in [0.25, 0.3) is 0 Å². The first kappa shape index (κ1) is 14.4. The third-order valence-electron chi connectivity index (χ3n) is 2.66. The van der Waals surface area contributed by atoms with Gasteiger partial charge in [0.2, 0.25) is 0 Å². The Bertz CT molecular complexity index is 496. The van der Waals surface area contributed by atoms with Gasteiger partial charge in [0, 0.05) is 4.47 Å². The van der Waals surface area contributed by atoms with Gasteiger partial charge in [0.05, 0.1) is 0 Å². The highest BCUT2D eigenvalue weighted by atomic mass is 79.9. The Kier molecular flexibility index (Phi) is 4.91. The molecule has 1 aromatic rings. The molecule has 3 nitrogen and oxygen atoms in total. The zero-order valence-corrected chi connectivity index (χ0v) is 11.9. The van der Waals surface area contributed by atoms with Gasteiger partial charge in [-0.2, -0.15) is 8.42 Å². The van der Waals surface area contributed by atoms with Crippen molar-refractivity contribution in [3.63, 3.8) is 0 Å². The molecule has 17 heavy (non-hydrogen) atoms. The molecule has 0 spiro atoms. The summed E-state index contributed by atoms with van der Waals surface area (Å²) in [5.74, 6) is -0.306. The van der Waals surface area contributed by atoms with Crippen LogP contribution in [0.4, 0.5) is 0 Å². The van der Waals surface area contributed by atoms with Gasteiger partial charge < -0.3 is 0 Å². The molecule has 2 atom stereocenters. The number of benzene rings is 1. The second kappa shape index (κ2) is 5.80. The van der Waals surface area contributed by atoms with Crippen LogP contribution in [-0.4, -0.2) is 13.0 Å². The van der Waals surface area contributed by atoms with Gasteiger partial charge in [-0.05, 0) is 30.0 Å². The number of rotatable bonds is 5. The van der Waals surface area contributed by atoms with Gasteiger partial charge in [-0.25, -0.2) is 0 Å². The molecule has 1 N–H and O–H groups in total. The van der Waals surface area contributed by atoms with Gasteiger partial charge in [-0.3, -0.25) is 4.55 Å². The van der Waals surface area contributed by atoms with Gasteiger partial charge in [-0.1, -0.05) is 41.1 Å². The molecule has 5 heteroatoms. The monoisotopic (exact) mass is 318 g/mol. The molecule has 0 aromatic heterocycles. The predicted octanol–water partition coefficient (Wildman–Crippen LogP) is 3.59. The van der Waals surface area contributed by atoms with E-state index in [9.17, 15) is 13.0 Å². The third-order valence-corrected chi connectivity index (χ3v) is 4.42. The summed E-state index contributed by atoms with van der Waals surface area (Å²) < 4.78 is 33.1. The molecule has 0 saturated heterocycles. The molecule has 0 bridgehead atoms. The molecule has 94 valence electrons. The van der Waals surface area contributed by atoms with Crippen molar-refractivity contribution >= 4 is 26.0 Å². The van der Waals surface area contributed by atoms with Crippen LogP contribution in [0.3, 0.4) is 0 Å². The van der Waals surface area contributed by atoms with Crippen molar-refractivity contribution in [1.29, 1.82) is 0 Å². The van der Waals surface area contributed by atoms with E-state index in [4.69, 9.17) is 0 Å². The minimum absolute atomic E-state index is 0.306. The molecule has 0 heterocycles. The fourth-order valence-electron chi connectivity index (χ4n) is 1.83. The van der Waals surface area contributed by atoms with E-state index in [0.717, 1.165) is 4.47 Å². The van der Waals surface area contributed by atoms with Crippen LogP contribution in [-0.2, 0) is 10.1 Å². The maximum atomic E-state index is 11.5. The molecule has 0 aliphatic heterocycles. The highest BCUT2D eigenvalue weighted by Crippen LogP contribution is 2.33. The van der Waals surface area contributed by atoms with Crippen molar-refractivity contribution in [3.05, 3.63) is 47.0 Å². The Morgan fingerprint density at radius 2 is 2.18 bits per heavy atom. The summed E-state index contributed by atoms with van der Waals surface area (Å²) in [6.45, 7) is 5.49. The minimum Gasteiger partial charge on any atom is -0.285 e. The fourth-order valence-corrected chi connectivity index (χ4v) is 3.48. The lowest BCUT2D eigenvalue weighted by Gasteiger charge is -2.21. The lowest BCUT2D eigenvalue weighted by Crippen LogP contribution is -2.20. The van der Waals surface area contributed by atoms with Gasteiger partial charge in [0.1, 0.15) is 5.25 Å². The van der Waals surface area contributed by atoms with Crippen LogP contribution >= 0.6 is 15.9 Å². The fraction of sp³-hybridized carbons (Fsp3) is 0.333. The summed E-state index contributed by atoms with van der Waals surface area (Å²) in [4.78, 5) is 0. The largest absolute Gasteiger partial charge is 0.285 e. The summed E-state index contributed by atoms with van der Waals surface area (Å²) in [6, 6.07) is 6.94. The number of hydrogen-bond donors (Lipinski definition) is 1. The van der Waals surface area contributed by atoms with E-state index >= 15 is 0 Å². The molecule has 1 rings (SSSR count). The highest BCUT2D eigenvalue weighted by molar-refractivity contribution is 9.10. The minimum atomic E-state index is -4.15. The van der Waals surface area contributed by atoms with Crippen LogP contribution in [0.2, 0.25) is 0 Å². The second-order valence-corrected chi connectivity index (χ2v) is 6.25. The number of halogens is 1. The van der Waals surface area contributed by atoms with Crippen LogP contribution in [0.1, 0.15) is 24.2 Å². The quantitative estimate of drug-likeness (QED) is 0.666.